The summed E-state index contributed by atoms with van der Waals surface area (Å²) < 4.78 is 68.1. The van der Waals surface area contributed by atoms with Gasteiger partial charge in [0, 0.05) is 25.7 Å². The first-order valence-corrected chi connectivity index (χ1v) is 37.4. The van der Waals surface area contributed by atoms with Crippen molar-refractivity contribution in [3.63, 3.8) is 0 Å². The molecule has 85 heavy (non-hydrogen) atoms. The van der Waals surface area contributed by atoms with Gasteiger partial charge in [-0.25, -0.2) is 9.13 Å². The zero-order chi connectivity index (χ0) is 63.1. The summed E-state index contributed by atoms with van der Waals surface area (Å²) in [4.78, 5) is 72.3. The minimum Gasteiger partial charge on any atom is -0.462 e. The molecule has 0 aliphatic carbocycles. The van der Waals surface area contributed by atoms with Crippen molar-refractivity contribution < 1.29 is 80.2 Å². The Morgan fingerprint density at radius 3 is 0.894 bits per heavy atom. The SMILES string of the molecule is CCCCCCCCCCCC(=O)OC[C@H](COP(=O)(O)OC[C@H](O)COP(=O)(O)OC[C@@H](COC(=O)CCCCCCCCCCCCC(C)C)OC(=O)CCCCCCCCCCCCC(C)C)OC(=O)CCCCCCCCC(C)CC. The predicted octanol–water partition coefficient (Wildman–Crippen LogP) is 18.3. The molecule has 0 aromatic carbocycles. The Morgan fingerprint density at radius 1 is 0.341 bits per heavy atom. The molecule has 0 saturated heterocycles. The fourth-order valence-electron chi connectivity index (χ4n) is 9.80. The summed E-state index contributed by atoms with van der Waals surface area (Å²) in [5.74, 6) is 0.0953. The second-order valence-electron chi connectivity index (χ2n) is 25.1. The van der Waals surface area contributed by atoms with Gasteiger partial charge < -0.3 is 33.8 Å². The van der Waals surface area contributed by atoms with E-state index in [9.17, 15) is 43.2 Å². The van der Waals surface area contributed by atoms with Crippen molar-refractivity contribution >= 4 is 39.5 Å². The Labute approximate surface area is 517 Å². The highest BCUT2D eigenvalue weighted by Crippen LogP contribution is 2.45. The van der Waals surface area contributed by atoms with Crippen LogP contribution in [0.4, 0.5) is 0 Å². The summed E-state index contributed by atoms with van der Waals surface area (Å²) in [5.41, 5.74) is 0. The van der Waals surface area contributed by atoms with Gasteiger partial charge in [0.25, 0.3) is 0 Å². The zero-order valence-electron chi connectivity index (χ0n) is 55.1. The molecule has 3 N–H and O–H groups in total. The number of unbranched alkanes of at least 4 members (excludes halogenated alkanes) is 31. The molecule has 0 fully saturated rings. The molecule has 0 radical (unpaired) electrons. The number of hydrogen-bond donors (Lipinski definition) is 3. The lowest BCUT2D eigenvalue weighted by Gasteiger charge is -2.21. The van der Waals surface area contributed by atoms with Crippen molar-refractivity contribution in [1.29, 1.82) is 0 Å². The van der Waals surface area contributed by atoms with Gasteiger partial charge in [-0.1, -0.05) is 273 Å². The Balaban J connectivity index is 5.25. The van der Waals surface area contributed by atoms with E-state index in [2.05, 4.69) is 48.5 Å². The van der Waals surface area contributed by atoms with Gasteiger partial charge in [0.2, 0.25) is 0 Å². The maximum Gasteiger partial charge on any atom is 0.472 e. The molecule has 0 aliphatic heterocycles. The number of ether oxygens (including phenoxy) is 4. The van der Waals surface area contributed by atoms with Crippen LogP contribution >= 0.6 is 15.6 Å². The standard InChI is InChI=1S/C66H128O17P2/c1-8-10-11-12-13-18-25-33-40-47-63(68)76-54-62(83-66(71)50-43-36-29-28-32-39-46-59(7)9-2)56-81-85(74,75)79-52-60(67)51-78-84(72,73)80-55-61(82-65(70)49-42-35-27-22-17-15-20-24-31-38-45-58(5)6)53-77-64(69)48-41-34-26-21-16-14-19-23-30-37-44-57(3)4/h57-62,67H,8-56H2,1-7H3,(H,72,73)(H,74,75)/t59?,60-,61-,62-/m1/s1. The topological polar surface area (TPSA) is 237 Å². The van der Waals surface area contributed by atoms with Crippen LogP contribution in [0.15, 0.2) is 0 Å². The minimum absolute atomic E-state index is 0.103. The summed E-state index contributed by atoms with van der Waals surface area (Å²) in [6.45, 7) is 11.7. The molecule has 0 amide bonds. The van der Waals surface area contributed by atoms with Crippen LogP contribution in [0.25, 0.3) is 0 Å². The zero-order valence-corrected chi connectivity index (χ0v) is 56.9. The van der Waals surface area contributed by atoms with Crippen LogP contribution in [0.1, 0.15) is 325 Å². The quantitative estimate of drug-likeness (QED) is 0.0222. The predicted molar refractivity (Wildman–Crippen MR) is 340 cm³/mol. The molecule has 504 valence electrons. The molecule has 0 bridgehead atoms. The van der Waals surface area contributed by atoms with Crippen LogP contribution in [0, 0.1) is 17.8 Å². The van der Waals surface area contributed by atoms with E-state index >= 15 is 0 Å². The van der Waals surface area contributed by atoms with Crippen molar-refractivity contribution in [3.8, 4) is 0 Å². The fourth-order valence-corrected chi connectivity index (χ4v) is 11.4. The summed E-state index contributed by atoms with van der Waals surface area (Å²) in [5, 5.41) is 10.5. The third-order valence-electron chi connectivity index (χ3n) is 15.5. The van der Waals surface area contributed by atoms with E-state index in [-0.39, 0.29) is 25.7 Å². The first kappa shape index (κ1) is 83.1. The van der Waals surface area contributed by atoms with E-state index in [1.165, 1.54) is 135 Å². The molecular formula is C66H128O17P2. The first-order valence-electron chi connectivity index (χ1n) is 34.4. The summed E-state index contributed by atoms with van der Waals surface area (Å²) in [7, 11) is -9.89. The molecular weight excluding hydrogens is 1130 g/mol. The van der Waals surface area contributed by atoms with Crippen LogP contribution in [0.2, 0.25) is 0 Å². The third-order valence-corrected chi connectivity index (χ3v) is 17.4. The van der Waals surface area contributed by atoms with Crippen molar-refractivity contribution in [1.82, 2.24) is 0 Å². The lowest BCUT2D eigenvalue weighted by molar-refractivity contribution is -0.161. The van der Waals surface area contributed by atoms with Crippen LogP contribution in [-0.2, 0) is 65.4 Å². The first-order chi connectivity index (χ1) is 40.8. The Kier molecular flexibility index (Phi) is 55.9. The van der Waals surface area contributed by atoms with Gasteiger partial charge in [0.1, 0.15) is 19.3 Å². The maximum absolute atomic E-state index is 13.0. The van der Waals surface area contributed by atoms with Crippen molar-refractivity contribution in [2.45, 2.75) is 343 Å². The lowest BCUT2D eigenvalue weighted by Crippen LogP contribution is -2.30. The summed E-state index contributed by atoms with van der Waals surface area (Å²) >= 11 is 0. The van der Waals surface area contributed by atoms with E-state index in [0.717, 1.165) is 108 Å². The Bertz CT molecular complexity index is 1680. The lowest BCUT2D eigenvalue weighted by atomic mass is 10.00. The number of carbonyl (C=O) groups excluding carboxylic acids is 4. The number of carbonyl (C=O) groups is 4. The second-order valence-corrected chi connectivity index (χ2v) is 28.0. The summed E-state index contributed by atoms with van der Waals surface area (Å²) in [6.07, 6.45) is 38.9. The van der Waals surface area contributed by atoms with Gasteiger partial charge in [-0.2, -0.15) is 0 Å². The van der Waals surface area contributed by atoms with E-state index in [0.29, 0.717) is 25.7 Å². The number of hydrogen-bond acceptors (Lipinski definition) is 15. The molecule has 0 rings (SSSR count). The average molecular weight is 1260 g/mol. The molecule has 3 unspecified atom stereocenters. The Hall–Kier alpha value is -1.94. The van der Waals surface area contributed by atoms with Gasteiger partial charge in [0.15, 0.2) is 12.2 Å². The largest absolute Gasteiger partial charge is 0.472 e. The molecule has 0 heterocycles. The normalized spacial score (nSPS) is 14.6. The van der Waals surface area contributed by atoms with E-state index in [1.54, 1.807) is 0 Å². The van der Waals surface area contributed by atoms with Gasteiger partial charge in [0.05, 0.1) is 26.4 Å². The monoisotopic (exact) mass is 1250 g/mol. The second kappa shape index (κ2) is 57.2. The molecule has 0 spiro atoms. The molecule has 0 aliphatic rings. The van der Waals surface area contributed by atoms with Crippen molar-refractivity contribution in [2.24, 2.45) is 17.8 Å². The Morgan fingerprint density at radius 2 is 0.600 bits per heavy atom. The smallest absolute Gasteiger partial charge is 0.462 e. The number of aliphatic hydroxyl groups excluding tert-OH is 1. The van der Waals surface area contributed by atoms with E-state index < -0.39 is 97.5 Å². The van der Waals surface area contributed by atoms with Crippen LogP contribution in [0.3, 0.4) is 0 Å². The van der Waals surface area contributed by atoms with E-state index in [1.807, 2.05) is 0 Å². The van der Waals surface area contributed by atoms with Crippen LogP contribution < -0.4 is 0 Å². The minimum atomic E-state index is -4.95. The number of esters is 4. The van der Waals surface area contributed by atoms with Crippen molar-refractivity contribution in [3.05, 3.63) is 0 Å². The maximum atomic E-state index is 13.0. The van der Waals surface area contributed by atoms with Gasteiger partial charge in [-0.3, -0.25) is 37.3 Å². The highest BCUT2D eigenvalue weighted by molar-refractivity contribution is 7.47. The van der Waals surface area contributed by atoms with Crippen LogP contribution in [0.5, 0.6) is 0 Å². The van der Waals surface area contributed by atoms with Gasteiger partial charge >= 0.3 is 39.5 Å². The number of phosphoric acid groups is 2. The highest BCUT2D eigenvalue weighted by atomic mass is 31.2. The van der Waals surface area contributed by atoms with Gasteiger partial charge in [-0.15, -0.1) is 0 Å². The molecule has 0 aromatic rings. The molecule has 0 aromatic heterocycles. The molecule has 19 heteroatoms. The fraction of sp³-hybridized carbons (Fsp3) is 0.939. The third kappa shape index (κ3) is 59.5. The summed E-state index contributed by atoms with van der Waals surface area (Å²) in [6, 6.07) is 0. The molecule has 17 nitrogen and oxygen atoms in total. The van der Waals surface area contributed by atoms with Crippen LogP contribution in [-0.4, -0.2) is 96.7 Å². The van der Waals surface area contributed by atoms with Crippen molar-refractivity contribution in [2.75, 3.05) is 39.6 Å². The highest BCUT2D eigenvalue weighted by Gasteiger charge is 2.30. The number of phosphoric ester groups is 2. The molecule has 0 saturated carbocycles. The van der Waals surface area contributed by atoms with E-state index in [4.69, 9.17) is 37.0 Å². The molecule has 6 atom stereocenters. The number of aliphatic hydroxyl groups is 1. The van der Waals surface area contributed by atoms with Gasteiger partial charge in [-0.05, 0) is 43.4 Å². The number of rotatable bonds is 64. The average Bonchev–Trinajstić information content (AvgIpc) is 3.52.